The summed E-state index contributed by atoms with van der Waals surface area (Å²) in [5, 5.41) is 3.15. The number of sulfonamides is 1. The third-order valence-electron chi connectivity index (χ3n) is 6.51. The molecule has 0 saturated carbocycles. The van der Waals surface area contributed by atoms with E-state index in [2.05, 4.69) is 20.3 Å². The van der Waals surface area contributed by atoms with Gasteiger partial charge in [-0.2, -0.15) is 17.5 Å². The van der Waals surface area contributed by atoms with Gasteiger partial charge in [0.05, 0.1) is 17.9 Å². The minimum Gasteiger partial charge on any atom is -0.351 e. The number of hydrogen-bond donors (Lipinski definition) is 1. The van der Waals surface area contributed by atoms with Gasteiger partial charge in [0.1, 0.15) is 22.2 Å². The summed E-state index contributed by atoms with van der Waals surface area (Å²) in [6.45, 7) is 0.962. The van der Waals surface area contributed by atoms with E-state index >= 15 is 0 Å². The second kappa shape index (κ2) is 10.4. The van der Waals surface area contributed by atoms with Crippen LogP contribution in [0.5, 0.6) is 0 Å². The van der Waals surface area contributed by atoms with Crippen LogP contribution in [-0.2, 0) is 27.5 Å². The minimum absolute atomic E-state index is 0.0315. The molecule has 0 radical (unpaired) electrons. The molecular formula is C25H20F5N5O3S2. The van der Waals surface area contributed by atoms with Gasteiger partial charge < -0.3 is 5.32 Å². The molecule has 15 heteroatoms. The third-order valence-corrected chi connectivity index (χ3v) is 10.1. The summed E-state index contributed by atoms with van der Waals surface area (Å²) in [7, 11) is -4.25. The number of fused-ring (bicyclic) bond motifs is 1. The highest BCUT2D eigenvalue weighted by atomic mass is 32.2. The van der Waals surface area contributed by atoms with Crippen LogP contribution in [-0.4, -0.2) is 51.8 Å². The van der Waals surface area contributed by atoms with Crippen molar-refractivity contribution < 1.29 is 35.2 Å². The van der Waals surface area contributed by atoms with Crippen molar-refractivity contribution in [3.05, 3.63) is 72.2 Å². The average molecular weight is 598 g/mol. The summed E-state index contributed by atoms with van der Waals surface area (Å²) in [6, 6.07) is 7.19. The molecule has 1 saturated heterocycles. The van der Waals surface area contributed by atoms with E-state index in [-0.39, 0.29) is 27.5 Å². The van der Waals surface area contributed by atoms with Crippen molar-refractivity contribution in [2.24, 2.45) is 0 Å². The van der Waals surface area contributed by atoms with Crippen molar-refractivity contribution in [3.8, 4) is 11.3 Å². The van der Waals surface area contributed by atoms with Crippen LogP contribution in [0.4, 0.5) is 22.0 Å². The first-order valence-corrected chi connectivity index (χ1v) is 14.1. The number of pyridine rings is 1. The predicted octanol–water partition coefficient (Wildman–Crippen LogP) is 4.72. The Morgan fingerprint density at radius 2 is 1.82 bits per heavy atom. The second-order valence-electron chi connectivity index (χ2n) is 9.12. The first kappa shape index (κ1) is 28.0. The lowest BCUT2D eigenvalue weighted by Crippen LogP contribution is -2.48. The van der Waals surface area contributed by atoms with Gasteiger partial charge in [-0.15, -0.1) is 11.3 Å². The Bertz CT molecular complexity index is 1650. The first-order chi connectivity index (χ1) is 18.9. The van der Waals surface area contributed by atoms with E-state index in [9.17, 15) is 35.2 Å². The van der Waals surface area contributed by atoms with Gasteiger partial charge in [0.2, 0.25) is 11.7 Å². The fourth-order valence-electron chi connectivity index (χ4n) is 4.44. The monoisotopic (exact) mass is 597 g/mol. The number of alkyl halides is 4. The van der Waals surface area contributed by atoms with Crippen LogP contribution in [0, 0.1) is 5.82 Å². The molecule has 1 N–H and O–H groups in total. The lowest BCUT2D eigenvalue weighted by Gasteiger charge is -2.26. The molecule has 3 atom stereocenters. The fraction of sp³-hybridized carbons (Fsp3) is 0.280. The number of carbonyl (C=O) groups is 1. The Labute approximate surface area is 228 Å². The molecule has 3 aromatic heterocycles. The van der Waals surface area contributed by atoms with E-state index in [4.69, 9.17) is 0 Å². The van der Waals surface area contributed by atoms with Crippen LogP contribution in [0.3, 0.4) is 0 Å². The summed E-state index contributed by atoms with van der Waals surface area (Å²) in [5.41, 5.74) is 0.0396. The Kier molecular flexibility index (Phi) is 7.31. The highest BCUT2D eigenvalue weighted by Crippen LogP contribution is 2.37. The molecule has 1 aromatic carbocycles. The third kappa shape index (κ3) is 5.28. The zero-order valence-corrected chi connectivity index (χ0v) is 22.2. The van der Waals surface area contributed by atoms with E-state index in [1.807, 2.05) is 0 Å². The maximum absolute atomic E-state index is 14.8. The van der Waals surface area contributed by atoms with Gasteiger partial charge in [-0.25, -0.2) is 27.2 Å². The molecule has 8 nitrogen and oxygen atoms in total. The standard InChI is InChI=1S/C25H20F5N5O3S2/c1-13-17(26)8-20(35(13)40(37,38)22-7-14-4-2-3-5-21(14)39-22)23(36)32-9-15-6-19(31-12-18(15)27)16-10-33-24(34-11-16)25(28,29)30/h2-7,10-13,17,20H,8-9H2,1H3,(H,32,36)/t13-,17+,20-/m0/s1. The minimum atomic E-state index is -4.74. The van der Waals surface area contributed by atoms with Gasteiger partial charge in [-0.3, -0.25) is 9.78 Å². The Balaban J connectivity index is 1.35. The van der Waals surface area contributed by atoms with Gasteiger partial charge in [-0.1, -0.05) is 18.2 Å². The molecule has 4 heterocycles. The lowest BCUT2D eigenvalue weighted by molar-refractivity contribution is -0.145. The quantitative estimate of drug-likeness (QED) is 0.323. The second-order valence-corrected chi connectivity index (χ2v) is 12.3. The van der Waals surface area contributed by atoms with E-state index in [0.717, 1.165) is 34.2 Å². The molecule has 210 valence electrons. The van der Waals surface area contributed by atoms with Crippen LogP contribution in [0.15, 0.2) is 59.2 Å². The van der Waals surface area contributed by atoms with Gasteiger partial charge in [-0.05, 0) is 30.5 Å². The number of halogens is 5. The molecule has 1 aliphatic rings. The number of aromatic nitrogens is 3. The molecule has 0 bridgehead atoms. The number of amides is 1. The Hall–Kier alpha value is -3.56. The Morgan fingerprint density at radius 1 is 1.12 bits per heavy atom. The van der Waals surface area contributed by atoms with Crippen LogP contribution in [0.2, 0.25) is 0 Å². The topological polar surface area (TPSA) is 105 Å². The molecular weight excluding hydrogens is 577 g/mol. The number of rotatable bonds is 6. The molecule has 0 aliphatic carbocycles. The van der Waals surface area contributed by atoms with Crippen molar-refractivity contribution in [2.45, 2.75) is 48.5 Å². The highest BCUT2D eigenvalue weighted by molar-refractivity contribution is 7.91. The summed E-state index contributed by atoms with van der Waals surface area (Å²) < 4.78 is 96.1. The summed E-state index contributed by atoms with van der Waals surface area (Å²) in [5.74, 6) is -3.00. The summed E-state index contributed by atoms with van der Waals surface area (Å²) in [4.78, 5) is 23.5. The van der Waals surface area contributed by atoms with Crippen molar-refractivity contribution in [1.82, 2.24) is 24.6 Å². The molecule has 1 aliphatic heterocycles. The fourth-order valence-corrected chi connectivity index (χ4v) is 7.75. The van der Waals surface area contributed by atoms with E-state index in [0.29, 0.717) is 10.1 Å². The lowest BCUT2D eigenvalue weighted by atomic mass is 10.1. The number of nitrogens with one attached hydrogen (secondary N) is 1. The number of thiophene rings is 1. The number of hydrogen-bond acceptors (Lipinski definition) is 7. The zero-order chi connectivity index (χ0) is 28.8. The van der Waals surface area contributed by atoms with Crippen LogP contribution < -0.4 is 5.32 Å². The largest absolute Gasteiger partial charge is 0.451 e. The number of benzene rings is 1. The Morgan fingerprint density at radius 3 is 2.50 bits per heavy atom. The molecule has 1 amide bonds. The van der Waals surface area contributed by atoms with E-state index < -0.39 is 58.5 Å². The smallest absolute Gasteiger partial charge is 0.351 e. The maximum atomic E-state index is 14.8. The van der Waals surface area contributed by atoms with Crippen LogP contribution in [0.1, 0.15) is 24.7 Å². The van der Waals surface area contributed by atoms with Crippen molar-refractivity contribution >= 4 is 37.4 Å². The van der Waals surface area contributed by atoms with Gasteiger partial charge in [0.15, 0.2) is 0 Å². The summed E-state index contributed by atoms with van der Waals surface area (Å²) >= 11 is 1.01. The molecule has 0 unspecified atom stereocenters. The molecule has 0 spiro atoms. The summed E-state index contributed by atoms with van der Waals surface area (Å²) in [6.07, 6.45) is -4.14. The van der Waals surface area contributed by atoms with E-state index in [1.165, 1.54) is 19.1 Å². The number of nitrogens with zero attached hydrogens (tertiary/aromatic N) is 4. The van der Waals surface area contributed by atoms with Gasteiger partial charge in [0.25, 0.3) is 10.0 Å². The predicted molar refractivity (Wildman–Crippen MR) is 136 cm³/mol. The van der Waals surface area contributed by atoms with Crippen molar-refractivity contribution in [2.75, 3.05) is 0 Å². The average Bonchev–Trinajstić information content (AvgIpc) is 3.49. The maximum Gasteiger partial charge on any atom is 0.451 e. The van der Waals surface area contributed by atoms with Crippen molar-refractivity contribution in [3.63, 3.8) is 0 Å². The molecule has 4 aromatic rings. The van der Waals surface area contributed by atoms with Crippen LogP contribution in [0.25, 0.3) is 21.3 Å². The van der Waals surface area contributed by atoms with E-state index in [1.54, 1.807) is 24.3 Å². The zero-order valence-electron chi connectivity index (χ0n) is 20.6. The SMILES string of the molecule is C[C@H]1[C@H](F)C[C@@H](C(=O)NCc2cc(-c3cnc(C(F)(F)F)nc3)ncc2F)N1S(=O)(=O)c1cc2ccccc2s1. The molecule has 1 fully saturated rings. The first-order valence-electron chi connectivity index (χ1n) is 11.8. The normalized spacial score (nSPS) is 20.2. The van der Waals surface area contributed by atoms with Crippen LogP contribution >= 0.6 is 11.3 Å². The van der Waals surface area contributed by atoms with Crippen molar-refractivity contribution in [1.29, 1.82) is 0 Å². The molecule has 5 rings (SSSR count). The van der Waals surface area contributed by atoms with Gasteiger partial charge in [0, 0.05) is 41.2 Å². The number of carbonyl (C=O) groups excluding carboxylic acids is 1. The highest BCUT2D eigenvalue weighted by Gasteiger charge is 2.49. The molecule has 40 heavy (non-hydrogen) atoms. The van der Waals surface area contributed by atoms with Gasteiger partial charge >= 0.3 is 6.18 Å².